The van der Waals surface area contributed by atoms with Gasteiger partial charge in [0.25, 0.3) is 15.5 Å². The Morgan fingerprint density at radius 3 is 2.64 bits per heavy atom. The van der Waals surface area contributed by atoms with Crippen molar-refractivity contribution in [2.75, 3.05) is 24.6 Å². The van der Waals surface area contributed by atoms with Gasteiger partial charge in [0.05, 0.1) is 15.9 Å². The largest absolute Gasteiger partial charge is 0.501 e. The summed E-state index contributed by atoms with van der Waals surface area (Å²) in [6, 6.07) is 2.25. The van der Waals surface area contributed by atoms with Crippen LogP contribution in [0.15, 0.2) is 23.1 Å². The first-order chi connectivity index (χ1) is 11.6. The van der Waals surface area contributed by atoms with Crippen LogP contribution in [0.3, 0.4) is 0 Å². The monoisotopic (exact) mass is 382 g/mol. The summed E-state index contributed by atoms with van der Waals surface area (Å²) in [6.45, 7) is 3.11. The zero-order chi connectivity index (χ0) is 18.8. The Morgan fingerprint density at radius 1 is 1.40 bits per heavy atom. The number of nitro groups is 1. The second-order valence-corrected chi connectivity index (χ2v) is 7.46. The molecule has 1 aliphatic rings. The molecular formula is C14H17F3N2O5S. The lowest BCUT2D eigenvalue weighted by Gasteiger charge is -2.33. The van der Waals surface area contributed by atoms with Crippen LogP contribution in [0, 0.1) is 10.1 Å². The minimum atomic E-state index is -5.65. The summed E-state index contributed by atoms with van der Waals surface area (Å²) in [6.07, 6.45) is 1.33. The first kappa shape index (κ1) is 19.4. The smallest absolute Gasteiger partial charge is 0.377 e. The van der Waals surface area contributed by atoms with Crippen molar-refractivity contribution in [1.82, 2.24) is 0 Å². The highest BCUT2D eigenvalue weighted by Crippen LogP contribution is 2.37. The molecule has 0 radical (unpaired) electrons. The second-order valence-electron chi connectivity index (χ2n) is 5.52. The van der Waals surface area contributed by atoms with E-state index in [2.05, 4.69) is 0 Å². The second kappa shape index (κ2) is 7.16. The zero-order valence-electron chi connectivity index (χ0n) is 13.3. The SMILES string of the molecule is CCOC1CCCN(c2ccc(S(=O)(=O)C(F)(F)F)cc2[N+](=O)[O-])C1. The highest BCUT2D eigenvalue weighted by molar-refractivity contribution is 7.92. The Balaban J connectivity index is 2.42. The number of piperidine rings is 1. The third-order valence-electron chi connectivity index (χ3n) is 3.88. The summed E-state index contributed by atoms with van der Waals surface area (Å²) in [5, 5.41) is 11.3. The van der Waals surface area contributed by atoms with Crippen LogP contribution >= 0.6 is 0 Å². The Morgan fingerprint density at radius 2 is 2.08 bits per heavy atom. The van der Waals surface area contributed by atoms with E-state index in [9.17, 15) is 31.7 Å². The summed E-state index contributed by atoms with van der Waals surface area (Å²) in [5.74, 6) is 0. The van der Waals surface area contributed by atoms with Gasteiger partial charge in [-0.2, -0.15) is 13.2 Å². The van der Waals surface area contributed by atoms with Gasteiger partial charge in [0.15, 0.2) is 0 Å². The average Bonchev–Trinajstić information content (AvgIpc) is 2.53. The number of ether oxygens (including phenoxy) is 1. The van der Waals surface area contributed by atoms with E-state index in [1.54, 1.807) is 4.90 Å². The molecule has 0 amide bonds. The Hall–Kier alpha value is -1.88. The van der Waals surface area contributed by atoms with Crippen molar-refractivity contribution in [1.29, 1.82) is 0 Å². The number of alkyl halides is 3. The molecule has 1 aromatic carbocycles. The van der Waals surface area contributed by atoms with Crippen molar-refractivity contribution in [3.63, 3.8) is 0 Å². The molecule has 7 nitrogen and oxygen atoms in total. The number of nitrogens with zero attached hydrogens (tertiary/aromatic N) is 2. The quantitative estimate of drug-likeness (QED) is 0.575. The normalized spacial score (nSPS) is 19.0. The van der Waals surface area contributed by atoms with Gasteiger partial charge in [0.2, 0.25) is 0 Å². The maximum Gasteiger partial charge on any atom is 0.501 e. The van der Waals surface area contributed by atoms with E-state index in [1.807, 2.05) is 6.92 Å². The number of anilines is 1. The van der Waals surface area contributed by atoms with Gasteiger partial charge < -0.3 is 9.64 Å². The summed E-state index contributed by atoms with van der Waals surface area (Å²) < 4.78 is 66.4. The van der Waals surface area contributed by atoms with Crippen LogP contribution in [0.5, 0.6) is 0 Å². The van der Waals surface area contributed by atoms with Crippen molar-refractivity contribution in [3.05, 3.63) is 28.3 Å². The molecule has 1 aliphatic heterocycles. The highest BCUT2D eigenvalue weighted by atomic mass is 32.2. The minimum absolute atomic E-state index is 0.0792. The molecule has 25 heavy (non-hydrogen) atoms. The van der Waals surface area contributed by atoms with Crippen LogP contribution in [-0.4, -0.2) is 44.6 Å². The number of rotatable bonds is 5. The van der Waals surface area contributed by atoms with E-state index in [-0.39, 0.29) is 11.8 Å². The van der Waals surface area contributed by atoms with Gasteiger partial charge in [-0.25, -0.2) is 8.42 Å². The predicted octanol–water partition coefficient (Wildman–Crippen LogP) is 2.89. The van der Waals surface area contributed by atoms with E-state index < -0.39 is 30.9 Å². The molecule has 11 heteroatoms. The molecule has 1 heterocycles. The summed E-state index contributed by atoms with van der Waals surface area (Å²) in [4.78, 5) is 10.9. The molecule has 1 saturated heterocycles. The van der Waals surface area contributed by atoms with Crippen molar-refractivity contribution in [2.24, 2.45) is 0 Å². The number of hydrogen-bond acceptors (Lipinski definition) is 6. The first-order valence-electron chi connectivity index (χ1n) is 7.54. The van der Waals surface area contributed by atoms with Gasteiger partial charge in [0, 0.05) is 25.8 Å². The van der Waals surface area contributed by atoms with E-state index in [4.69, 9.17) is 4.74 Å². The van der Waals surface area contributed by atoms with Gasteiger partial charge in [-0.05, 0) is 31.9 Å². The van der Waals surface area contributed by atoms with Gasteiger partial charge in [-0.3, -0.25) is 10.1 Å². The van der Waals surface area contributed by atoms with Crippen molar-refractivity contribution in [3.8, 4) is 0 Å². The fourth-order valence-electron chi connectivity index (χ4n) is 2.75. The number of halogens is 3. The van der Waals surface area contributed by atoms with E-state index in [0.717, 1.165) is 18.6 Å². The lowest BCUT2D eigenvalue weighted by atomic mass is 10.1. The number of benzene rings is 1. The van der Waals surface area contributed by atoms with Crippen LogP contribution < -0.4 is 4.90 Å². The molecule has 140 valence electrons. The maximum absolute atomic E-state index is 12.7. The Bertz CT molecular complexity index is 749. The molecule has 1 fully saturated rings. The lowest BCUT2D eigenvalue weighted by Crippen LogP contribution is -2.40. The van der Waals surface area contributed by atoms with Crippen LogP contribution in [-0.2, 0) is 14.6 Å². The minimum Gasteiger partial charge on any atom is -0.377 e. The van der Waals surface area contributed by atoms with Crippen molar-refractivity contribution in [2.45, 2.75) is 36.3 Å². The molecule has 0 N–H and O–H groups in total. The summed E-state index contributed by atoms with van der Waals surface area (Å²) >= 11 is 0. The molecular weight excluding hydrogens is 365 g/mol. The summed E-state index contributed by atoms with van der Waals surface area (Å²) in [7, 11) is -5.65. The Labute approximate surface area is 142 Å². The standard InChI is InChI=1S/C14H17F3N2O5S/c1-2-24-10-4-3-7-18(9-10)12-6-5-11(8-13(12)19(20)21)25(22,23)14(15,16)17/h5-6,8,10H,2-4,7,9H2,1H3. The molecule has 0 aromatic heterocycles. The first-order valence-corrected chi connectivity index (χ1v) is 9.02. The van der Waals surface area contributed by atoms with Crippen molar-refractivity contribution < 1.29 is 31.2 Å². The lowest BCUT2D eigenvalue weighted by molar-refractivity contribution is -0.384. The fourth-order valence-corrected chi connectivity index (χ4v) is 3.53. The van der Waals surface area contributed by atoms with Crippen LogP contribution in [0.4, 0.5) is 24.5 Å². The third kappa shape index (κ3) is 4.03. The molecule has 1 aromatic rings. The van der Waals surface area contributed by atoms with E-state index in [1.165, 1.54) is 0 Å². The third-order valence-corrected chi connectivity index (χ3v) is 5.36. The molecule has 0 bridgehead atoms. The number of hydrogen-bond donors (Lipinski definition) is 0. The highest BCUT2D eigenvalue weighted by Gasteiger charge is 2.47. The van der Waals surface area contributed by atoms with Crippen molar-refractivity contribution >= 4 is 21.2 Å². The molecule has 1 unspecified atom stereocenters. The van der Waals surface area contributed by atoms with Crippen LogP contribution in [0.2, 0.25) is 0 Å². The molecule has 2 rings (SSSR count). The molecule has 0 saturated carbocycles. The molecule has 0 aliphatic carbocycles. The zero-order valence-corrected chi connectivity index (χ0v) is 14.1. The number of sulfone groups is 1. The molecule has 1 atom stereocenters. The topological polar surface area (TPSA) is 89.8 Å². The van der Waals surface area contributed by atoms with E-state index >= 15 is 0 Å². The van der Waals surface area contributed by atoms with Gasteiger partial charge in [0.1, 0.15) is 5.69 Å². The maximum atomic E-state index is 12.7. The van der Waals surface area contributed by atoms with Gasteiger partial charge in [-0.1, -0.05) is 0 Å². The predicted molar refractivity (Wildman–Crippen MR) is 83.2 cm³/mol. The van der Waals surface area contributed by atoms with E-state index in [0.29, 0.717) is 32.2 Å². The Kier molecular flexibility index (Phi) is 5.57. The van der Waals surface area contributed by atoms with Crippen LogP contribution in [0.25, 0.3) is 0 Å². The number of nitro benzene ring substituents is 1. The summed E-state index contributed by atoms with van der Waals surface area (Å²) in [5.41, 5.74) is -6.12. The van der Waals surface area contributed by atoms with Gasteiger partial charge in [-0.15, -0.1) is 0 Å². The fraction of sp³-hybridized carbons (Fsp3) is 0.571. The molecule has 0 spiro atoms. The van der Waals surface area contributed by atoms with Gasteiger partial charge >= 0.3 is 5.51 Å². The van der Waals surface area contributed by atoms with Crippen LogP contribution in [0.1, 0.15) is 19.8 Å². The average molecular weight is 382 g/mol.